The van der Waals surface area contributed by atoms with Crippen molar-refractivity contribution in [1.29, 1.82) is 0 Å². The van der Waals surface area contributed by atoms with E-state index < -0.39 is 13.4 Å². The van der Waals surface area contributed by atoms with Gasteiger partial charge in [-0.05, 0) is 30.7 Å². The molecule has 1 unspecified atom stereocenters. The molecule has 1 fully saturated rings. The molecule has 2 amide bonds. The Balaban J connectivity index is 1.28. The molecule has 2 aliphatic heterocycles. The van der Waals surface area contributed by atoms with Gasteiger partial charge < -0.3 is 18.9 Å². The van der Waals surface area contributed by atoms with Gasteiger partial charge in [-0.1, -0.05) is 12.1 Å². The largest absolute Gasteiger partial charge is 0.492 e. The predicted molar refractivity (Wildman–Crippen MR) is 101 cm³/mol. The van der Waals surface area contributed by atoms with Crippen LogP contribution in [0, 0.1) is 0 Å². The van der Waals surface area contributed by atoms with Gasteiger partial charge in [0.25, 0.3) is 11.8 Å². The Labute approximate surface area is 166 Å². The molecule has 1 atom stereocenters. The van der Waals surface area contributed by atoms with E-state index in [-0.39, 0.29) is 43.9 Å². The third-order valence-electron chi connectivity index (χ3n) is 4.62. The second-order valence-corrected chi connectivity index (χ2v) is 8.59. The second kappa shape index (κ2) is 8.04. The Morgan fingerprint density at radius 2 is 1.76 bits per heavy atom. The minimum atomic E-state index is -3.59. The molecule has 3 heterocycles. The van der Waals surface area contributed by atoms with E-state index in [2.05, 4.69) is 4.98 Å². The molecule has 0 aliphatic carbocycles. The summed E-state index contributed by atoms with van der Waals surface area (Å²) in [5.41, 5.74) is 1.01. The lowest BCUT2D eigenvalue weighted by molar-refractivity contribution is 0.0646. The van der Waals surface area contributed by atoms with E-state index in [1.807, 2.05) is 0 Å². The Morgan fingerprint density at radius 1 is 1.10 bits per heavy atom. The number of aromatic nitrogens is 1. The van der Waals surface area contributed by atoms with Crippen LogP contribution in [0.15, 0.2) is 42.6 Å². The summed E-state index contributed by atoms with van der Waals surface area (Å²) in [5, 5.41) is 10.1. The van der Waals surface area contributed by atoms with E-state index in [0.29, 0.717) is 23.3 Å². The number of ether oxygens (including phenoxy) is 1. The summed E-state index contributed by atoms with van der Waals surface area (Å²) in [7, 11) is -3.59. The molecule has 1 N–H and O–H groups in total. The van der Waals surface area contributed by atoms with Crippen molar-refractivity contribution in [2.75, 3.05) is 26.4 Å². The van der Waals surface area contributed by atoms with Crippen LogP contribution in [0.5, 0.6) is 5.75 Å². The van der Waals surface area contributed by atoms with Crippen molar-refractivity contribution in [2.24, 2.45) is 0 Å². The van der Waals surface area contributed by atoms with E-state index >= 15 is 0 Å². The average Bonchev–Trinajstić information content (AvgIpc) is 3.29. The standard InChI is InChI=1S/C19H19N2O7P/c22-17-14-4-1-2-5-15(14)18(23)21(17)8-3-9-26-13-6-7-16(20-12-13)19(24)29(25)27-10-11-28-29/h1-2,4-7,12,19,24H,3,8-11H2. The van der Waals surface area contributed by atoms with Crippen LogP contribution in [0.1, 0.15) is 38.7 Å². The van der Waals surface area contributed by atoms with Crippen LogP contribution in [0.25, 0.3) is 0 Å². The molecule has 0 saturated carbocycles. The minimum Gasteiger partial charge on any atom is -0.492 e. The van der Waals surface area contributed by atoms with Gasteiger partial charge in [0.2, 0.25) is 0 Å². The first-order valence-corrected chi connectivity index (χ1v) is 10.7. The number of imide groups is 1. The molecular weight excluding hydrogens is 399 g/mol. The van der Waals surface area contributed by atoms with Gasteiger partial charge >= 0.3 is 7.60 Å². The van der Waals surface area contributed by atoms with E-state index in [0.717, 1.165) is 0 Å². The van der Waals surface area contributed by atoms with Gasteiger partial charge in [0.05, 0.1) is 42.8 Å². The molecule has 1 aromatic heterocycles. The minimum absolute atomic E-state index is 0.161. The number of rotatable bonds is 7. The van der Waals surface area contributed by atoms with Crippen molar-refractivity contribution in [3.8, 4) is 5.75 Å². The zero-order chi connectivity index (χ0) is 20.4. The van der Waals surface area contributed by atoms with Crippen molar-refractivity contribution >= 4 is 19.4 Å². The van der Waals surface area contributed by atoms with E-state index in [9.17, 15) is 19.3 Å². The molecule has 1 aromatic carbocycles. The molecule has 10 heteroatoms. The van der Waals surface area contributed by atoms with Gasteiger partial charge in [-0.2, -0.15) is 0 Å². The topological polar surface area (TPSA) is 115 Å². The maximum atomic E-state index is 12.3. The number of nitrogens with zero attached hydrogens (tertiary/aromatic N) is 2. The summed E-state index contributed by atoms with van der Waals surface area (Å²) in [6, 6.07) is 9.80. The van der Waals surface area contributed by atoms with Crippen LogP contribution >= 0.6 is 7.60 Å². The highest BCUT2D eigenvalue weighted by atomic mass is 31.2. The number of hydrogen-bond donors (Lipinski definition) is 1. The lowest BCUT2D eigenvalue weighted by Crippen LogP contribution is -2.31. The van der Waals surface area contributed by atoms with Crippen molar-refractivity contribution in [3.63, 3.8) is 0 Å². The number of benzene rings is 1. The molecule has 2 aliphatic rings. The number of fused-ring (bicyclic) bond motifs is 1. The van der Waals surface area contributed by atoms with Gasteiger partial charge in [-0.3, -0.25) is 24.0 Å². The molecule has 0 spiro atoms. The summed E-state index contributed by atoms with van der Waals surface area (Å²) >= 11 is 0. The number of aliphatic hydroxyl groups excluding tert-OH is 1. The van der Waals surface area contributed by atoms with Crippen molar-refractivity contribution in [1.82, 2.24) is 9.88 Å². The van der Waals surface area contributed by atoms with Crippen molar-refractivity contribution < 1.29 is 33.0 Å². The Hall–Kier alpha value is -2.58. The number of carbonyl (C=O) groups is 2. The lowest BCUT2D eigenvalue weighted by atomic mass is 10.1. The molecular formula is C19H19N2O7P. The maximum Gasteiger partial charge on any atom is 0.365 e. The molecule has 2 aromatic rings. The summed E-state index contributed by atoms with van der Waals surface area (Å²) in [6.07, 6.45) is 1.84. The first-order chi connectivity index (χ1) is 14.0. The first-order valence-electron chi connectivity index (χ1n) is 9.10. The fraction of sp³-hybridized carbons (Fsp3) is 0.316. The number of carbonyl (C=O) groups excluding carboxylic acids is 2. The van der Waals surface area contributed by atoms with Gasteiger partial charge in [-0.25, -0.2) is 0 Å². The predicted octanol–water partition coefficient (Wildman–Crippen LogP) is 2.38. The number of hydrogen-bond acceptors (Lipinski definition) is 8. The average molecular weight is 418 g/mol. The summed E-state index contributed by atoms with van der Waals surface area (Å²) < 4.78 is 27.8. The van der Waals surface area contributed by atoms with Crippen molar-refractivity contribution in [3.05, 3.63) is 59.4 Å². The maximum absolute atomic E-state index is 12.3. The van der Waals surface area contributed by atoms with Crippen molar-refractivity contribution in [2.45, 2.75) is 12.3 Å². The number of amides is 2. The van der Waals surface area contributed by atoms with Crippen LogP contribution in [0.3, 0.4) is 0 Å². The van der Waals surface area contributed by atoms with E-state index in [1.54, 1.807) is 30.3 Å². The third-order valence-corrected chi connectivity index (χ3v) is 6.57. The smallest absolute Gasteiger partial charge is 0.365 e. The van der Waals surface area contributed by atoms with Gasteiger partial charge in [0, 0.05) is 6.54 Å². The fourth-order valence-corrected chi connectivity index (χ4v) is 4.65. The molecule has 9 nitrogen and oxygen atoms in total. The van der Waals surface area contributed by atoms with E-state index in [1.165, 1.54) is 17.2 Å². The highest BCUT2D eigenvalue weighted by Gasteiger charge is 2.40. The Kier molecular flexibility index (Phi) is 5.47. The Bertz CT molecular complexity index is 934. The monoisotopic (exact) mass is 418 g/mol. The third kappa shape index (κ3) is 3.82. The summed E-state index contributed by atoms with van der Waals surface area (Å²) in [5.74, 6) is -1.60. The first kappa shape index (κ1) is 19.7. The number of pyridine rings is 1. The molecule has 0 radical (unpaired) electrons. The summed E-state index contributed by atoms with van der Waals surface area (Å²) in [6.45, 7) is 0.849. The van der Waals surface area contributed by atoms with Crippen LogP contribution in [-0.2, 0) is 13.6 Å². The quantitative estimate of drug-likeness (QED) is 0.414. The molecule has 1 saturated heterocycles. The Morgan fingerprint density at radius 3 is 2.34 bits per heavy atom. The summed E-state index contributed by atoms with van der Waals surface area (Å²) in [4.78, 5) is 29.9. The number of aliphatic hydroxyl groups is 1. The molecule has 4 rings (SSSR count). The van der Waals surface area contributed by atoms with Gasteiger partial charge in [-0.15, -0.1) is 0 Å². The van der Waals surface area contributed by atoms with Crippen LogP contribution < -0.4 is 4.74 Å². The van der Waals surface area contributed by atoms with Gasteiger partial charge in [0.15, 0.2) is 5.85 Å². The molecule has 152 valence electrons. The van der Waals surface area contributed by atoms with Gasteiger partial charge in [0.1, 0.15) is 5.75 Å². The second-order valence-electron chi connectivity index (χ2n) is 6.51. The molecule has 29 heavy (non-hydrogen) atoms. The van der Waals surface area contributed by atoms with Crippen LogP contribution in [0.2, 0.25) is 0 Å². The fourth-order valence-electron chi connectivity index (χ4n) is 3.15. The zero-order valence-electron chi connectivity index (χ0n) is 15.4. The van der Waals surface area contributed by atoms with E-state index in [4.69, 9.17) is 13.8 Å². The molecule has 0 bridgehead atoms. The van der Waals surface area contributed by atoms with Crippen LogP contribution in [0.4, 0.5) is 0 Å². The highest BCUT2D eigenvalue weighted by Crippen LogP contribution is 2.61. The van der Waals surface area contributed by atoms with Crippen LogP contribution in [-0.4, -0.2) is 53.2 Å². The normalized spacial score (nSPS) is 18.7. The highest BCUT2D eigenvalue weighted by molar-refractivity contribution is 7.54. The lowest BCUT2D eigenvalue weighted by Gasteiger charge is -2.16. The SMILES string of the molecule is O=C1c2ccccc2C(=O)N1CCCOc1ccc(C(O)P2(=O)OCCO2)nc1. The zero-order valence-corrected chi connectivity index (χ0v) is 16.3.